The first-order valence-corrected chi connectivity index (χ1v) is 9.77. The number of methoxy groups -OCH3 is 1. The molecule has 0 radical (unpaired) electrons. The average Bonchev–Trinajstić information content (AvgIpc) is 3.33. The van der Waals surface area contributed by atoms with Crippen molar-refractivity contribution in [1.82, 2.24) is 15.5 Å². The highest BCUT2D eigenvalue weighted by molar-refractivity contribution is 5.94. The second-order valence-electron chi connectivity index (χ2n) is 6.64. The van der Waals surface area contributed by atoms with Crippen molar-refractivity contribution in [2.75, 3.05) is 20.3 Å². The summed E-state index contributed by atoms with van der Waals surface area (Å²) >= 11 is 0. The number of hydrogen-bond acceptors (Lipinski definition) is 6. The maximum Gasteiger partial charge on any atom is 0.251 e. The van der Waals surface area contributed by atoms with Crippen molar-refractivity contribution in [2.24, 2.45) is 0 Å². The summed E-state index contributed by atoms with van der Waals surface area (Å²) in [7, 11) is 1.61. The topological polar surface area (TPSA) is 86.5 Å². The third kappa shape index (κ3) is 5.08. The molecule has 7 nitrogen and oxygen atoms in total. The van der Waals surface area contributed by atoms with Crippen LogP contribution in [0.5, 0.6) is 11.5 Å². The molecule has 0 saturated heterocycles. The molecule has 0 aliphatic carbocycles. The number of benzene rings is 3. The Morgan fingerprint density at radius 2 is 1.45 bits per heavy atom. The fourth-order valence-electron chi connectivity index (χ4n) is 2.91. The summed E-state index contributed by atoms with van der Waals surface area (Å²) in [6.07, 6.45) is 0. The summed E-state index contributed by atoms with van der Waals surface area (Å²) < 4.78 is 16.5. The molecule has 1 heterocycles. The summed E-state index contributed by atoms with van der Waals surface area (Å²) in [5, 5.41) is 11.0. The van der Waals surface area contributed by atoms with Gasteiger partial charge in [0.05, 0.1) is 13.7 Å². The summed E-state index contributed by atoms with van der Waals surface area (Å²) in [5.41, 5.74) is 2.14. The normalized spacial score (nSPS) is 10.5. The largest absolute Gasteiger partial charge is 0.497 e. The molecule has 4 rings (SSSR count). The van der Waals surface area contributed by atoms with E-state index in [0.717, 1.165) is 16.9 Å². The summed E-state index contributed by atoms with van der Waals surface area (Å²) in [5.74, 6) is 2.16. The molecular weight excluding hydrogens is 394 g/mol. The zero-order chi connectivity index (χ0) is 21.5. The Morgan fingerprint density at radius 1 is 0.839 bits per heavy atom. The zero-order valence-electron chi connectivity index (χ0n) is 16.9. The number of carbonyl (C=O) groups is 1. The van der Waals surface area contributed by atoms with Crippen LogP contribution in [0.15, 0.2) is 83.3 Å². The van der Waals surface area contributed by atoms with Crippen LogP contribution in [0, 0.1) is 0 Å². The molecule has 4 aromatic rings. The van der Waals surface area contributed by atoms with Gasteiger partial charge in [-0.25, -0.2) is 0 Å². The van der Waals surface area contributed by atoms with E-state index in [1.807, 2.05) is 54.6 Å². The lowest BCUT2D eigenvalue weighted by molar-refractivity contribution is 0.0947. The number of rotatable bonds is 8. The van der Waals surface area contributed by atoms with Gasteiger partial charge in [-0.1, -0.05) is 18.2 Å². The minimum absolute atomic E-state index is 0.180. The Hall–Kier alpha value is -4.13. The Labute approximate surface area is 179 Å². The number of aromatic nitrogens is 2. The van der Waals surface area contributed by atoms with Gasteiger partial charge < -0.3 is 19.2 Å². The number of ether oxygens (including phenoxy) is 2. The van der Waals surface area contributed by atoms with E-state index in [1.165, 1.54) is 0 Å². The smallest absolute Gasteiger partial charge is 0.251 e. The van der Waals surface area contributed by atoms with E-state index in [2.05, 4.69) is 15.5 Å². The maximum absolute atomic E-state index is 12.3. The molecule has 0 saturated carbocycles. The first kappa shape index (κ1) is 20.2. The van der Waals surface area contributed by atoms with Crippen LogP contribution < -0.4 is 14.8 Å². The third-order valence-electron chi connectivity index (χ3n) is 4.56. The molecule has 7 heteroatoms. The number of carbonyl (C=O) groups excluding carboxylic acids is 1. The van der Waals surface area contributed by atoms with E-state index in [9.17, 15) is 4.79 Å². The molecule has 0 unspecified atom stereocenters. The maximum atomic E-state index is 12.3. The number of nitrogens with one attached hydrogen (secondary N) is 1. The van der Waals surface area contributed by atoms with Gasteiger partial charge in [-0.15, -0.1) is 10.2 Å². The van der Waals surface area contributed by atoms with Gasteiger partial charge >= 0.3 is 0 Å². The molecule has 0 aliphatic heterocycles. The van der Waals surface area contributed by atoms with Crippen molar-refractivity contribution >= 4 is 5.91 Å². The minimum Gasteiger partial charge on any atom is -0.497 e. The van der Waals surface area contributed by atoms with Crippen molar-refractivity contribution in [3.63, 3.8) is 0 Å². The van der Waals surface area contributed by atoms with E-state index in [0.29, 0.717) is 36.2 Å². The van der Waals surface area contributed by atoms with Gasteiger partial charge in [0.2, 0.25) is 11.8 Å². The molecule has 3 aromatic carbocycles. The molecular formula is C24H21N3O4. The van der Waals surface area contributed by atoms with Crippen molar-refractivity contribution in [3.05, 3.63) is 84.4 Å². The highest BCUT2D eigenvalue weighted by Crippen LogP contribution is 2.24. The van der Waals surface area contributed by atoms with Crippen molar-refractivity contribution in [1.29, 1.82) is 0 Å². The lowest BCUT2D eigenvalue weighted by atomic mass is 10.1. The lowest BCUT2D eigenvalue weighted by Crippen LogP contribution is -2.28. The summed E-state index contributed by atoms with van der Waals surface area (Å²) in [4.78, 5) is 12.3. The van der Waals surface area contributed by atoms with Gasteiger partial charge in [0.15, 0.2) is 0 Å². The second kappa shape index (κ2) is 9.58. The Morgan fingerprint density at radius 3 is 2.10 bits per heavy atom. The standard InChI is InChI=1S/C24H21N3O4/c1-29-20-11-13-21(14-12-20)30-16-15-25-22(28)17-7-9-19(10-8-17)24-27-26-23(31-24)18-5-3-2-4-6-18/h2-14H,15-16H2,1H3,(H,25,28). The van der Waals surface area contributed by atoms with Gasteiger partial charge in [-0.3, -0.25) is 4.79 Å². The van der Waals surface area contributed by atoms with Crippen molar-refractivity contribution < 1.29 is 18.7 Å². The SMILES string of the molecule is COc1ccc(OCCNC(=O)c2ccc(-c3nnc(-c4ccccc4)o3)cc2)cc1. The van der Waals surface area contributed by atoms with Gasteiger partial charge in [-0.05, 0) is 60.7 Å². The van der Waals surface area contributed by atoms with Crippen molar-refractivity contribution in [2.45, 2.75) is 0 Å². The van der Waals surface area contributed by atoms with Crippen molar-refractivity contribution in [3.8, 4) is 34.4 Å². The second-order valence-corrected chi connectivity index (χ2v) is 6.64. The Kier molecular flexibility index (Phi) is 6.23. The molecule has 156 valence electrons. The molecule has 1 aromatic heterocycles. The fraction of sp³-hybridized carbons (Fsp3) is 0.125. The predicted molar refractivity (Wildman–Crippen MR) is 116 cm³/mol. The summed E-state index contributed by atoms with van der Waals surface area (Å²) in [6, 6.07) is 23.9. The van der Waals surface area contributed by atoms with Crippen LogP contribution in [0.2, 0.25) is 0 Å². The minimum atomic E-state index is -0.180. The van der Waals surface area contributed by atoms with Crippen LogP contribution in [0.3, 0.4) is 0 Å². The van der Waals surface area contributed by atoms with E-state index < -0.39 is 0 Å². The number of nitrogens with zero attached hydrogens (tertiary/aromatic N) is 2. The lowest BCUT2D eigenvalue weighted by Gasteiger charge is -2.08. The van der Waals surface area contributed by atoms with Crippen LogP contribution in [0.4, 0.5) is 0 Å². The van der Waals surface area contributed by atoms with E-state index >= 15 is 0 Å². The highest BCUT2D eigenvalue weighted by atomic mass is 16.5. The first-order chi connectivity index (χ1) is 15.2. The molecule has 1 amide bonds. The third-order valence-corrected chi connectivity index (χ3v) is 4.56. The number of amides is 1. The monoisotopic (exact) mass is 415 g/mol. The average molecular weight is 415 g/mol. The highest BCUT2D eigenvalue weighted by Gasteiger charge is 2.11. The van der Waals surface area contributed by atoms with Crippen LogP contribution in [-0.2, 0) is 0 Å². The van der Waals surface area contributed by atoms with Gasteiger partial charge in [0, 0.05) is 16.7 Å². The van der Waals surface area contributed by atoms with Crippen LogP contribution in [0.1, 0.15) is 10.4 Å². The molecule has 0 aliphatic rings. The first-order valence-electron chi connectivity index (χ1n) is 9.77. The van der Waals surface area contributed by atoms with Crippen LogP contribution in [0.25, 0.3) is 22.9 Å². The van der Waals surface area contributed by atoms with Gasteiger partial charge in [0.25, 0.3) is 5.91 Å². The Balaban J connectivity index is 1.29. The van der Waals surface area contributed by atoms with E-state index in [-0.39, 0.29) is 5.91 Å². The van der Waals surface area contributed by atoms with Crippen LogP contribution >= 0.6 is 0 Å². The van der Waals surface area contributed by atoms with E-state index in [1.54, 1.807) is 31.4 Å². The molecule has 1 N–H and O–H groups in total. The number of hydrogen-bond donors (Lipinski definition) is 1. The predicted octanol–water partition coefficient (Wildman–Crippen LogP) is 4.22. The zero-order valence-corrected chi connectivity index (χ0v) is 16.9. The van der Waals surface area contributed by atoms with Gasteiger partial charge in [-0.2, -0.15) is 0 Å². The van der Waals surface area contributed by atoms with E-state index in [4.69, 9.17) is 13.9 Å². The molecule has 31 heavy (non-hydrogen) atoms. The summed E-state index contributed by atoms with van der Waals surface area (Å²) in [6.45, 7) is 0.747. The molecule has 0 fully saturated rings. The molecule has 0 spiro atoms. The molecule has 0 bridgehead atoms. The van der Waals surface area contributed by atoms with Gasteiger partial charge in [0.1, 0.15) is 18.1 Å². The quantitative estimate of drug-likeness (QED) is 0.434. The van der Waals surface area contributed by atoms with Crippen LogP contribution in [-0.4, -0.2) is 36.4 Å². The Bertz CT molecular complexity index is 1120. The fourth-order valence-corrected chi connectivity index (χ4v) is 2.91. The molecule has 0 atom stereocenters.